The molecule has 0 unspecified atom stereocenters. The quantitative estimate of drug-likeness (QED) is 0.345. The van der Waals surface area contributed by atoms with E-state index in [9.17, 15) is 18.0 Å². The highest BCUT2D eigenvalue weighted by Gasteiger charge is 2.59. The van der Waals surface area contributed by atoms with Gasteiger partial charge in [-0.1, -0.05) is 24.6 Å². The largest absolute Gasteiger partial charge is 0.348 e. The van der Waals surface area contributed by atoms with Crippen LogP contribution in [0.5, 0.6) is 0 Å². The minimum Gasteiger partial charge on any atom is -0.348 e. The van der Waals surface area contributed by atoms with Gasteiger partial charge >= 0.3 is 0 Å². The van der Waals surface area contributed by atoms with Crippen molar-refractivity contribution in [3.05, 3.63) is 29.8 Å². The lowest BCUT2D eigenvalue weighted by atomic mass is 9.80. The van der Waals surface area contributed by atoms with Crippen LogP contribution in [0.1, 0.15) is 53.5 Å². The highest BCUT2D eigenvalue weighted by Crippen LogP contribution is 2.41. The van der Waals surface area contributed by atoms with Crippen molar-refractivity contribution in [2.75, 3.05) is 13.2 Å². The standard InChI is InChI=1S/C26H37NO9S/c1-8-18-21(16(3)28)27(24(18)29)19(13-33-37(30,31)17-11-9-15(2)10-12-17)22-23(36-26(6,7)35-22)20-14-32-25(4,5)34-20/h9-12,18-23H,8,13-14H2,1-7H3/t18-,19-,20+,21+,22+,23-/m0/s1. The predicted molar refractivity (Wildman–Crippen MR) is 132 cm³/mol. The van der Waals surface area contributed by atoms with E-state index >= 15 is 0 Å². The first-order valence-corrected chi connectivity index (χ1v) is 14.0. The zero-order chi connectivity index (χ0) is 27.3. The lowest BCUT2D eigenvalue weighted by Crippen LogP contribution is -2.71. The van der Waals surface area contributed by atoms with Gasteiger partial charge in [0, 0.05) is 0 Å². The van der Waals surface area contributed by atoms with Crippen LogP contribution in [-0.2, 0) is 42.8 Å². The van der Waals surface area contributed by atoms with Gasteiger partial charge in [0.05, 0.1) is 30.1 Å². The predicted octanol–water partition coefficient (Wildman–Crippen LogP) is 2.57. The van der Waals surface area contributed by atoms with Crippen molar-refractivity contribution < 1.29 is 41.1 Å². The monoisotopic (exact) mass is 539 g/mol. The second kappa shape index (κ2) is 10.0. The van der Waals surface area contributed by atoms with Crippen molar-refractivity contribution in [3.63, 3.8) is 0 Å². The van der Waals surface area contributed by atoms with Crippen LogP contribution in [0.2, 0.25) is 0 Å². The van der Waals surface area contributed by atoms with Gasteiger partial charge in [-0.25, -0.2) is 0 Å². The van der Waals surface area contributed by atoms with Crippen molar-refractivity contribution in [2.24, 2.45) is 5.92 Å². The third-order valence-electron chi connectivity index (χ3n) is 7.11. The summed E-state index contributed by atoms with van der Waals surface area (Å²) in [6.07, 6.45) is -1.59. The molecule has 0 radical (unpaired) electrons. The number of ketones is 1. The normalized spacial score (nSPS) is 31.8. The Morgan fingerprint density at radius 1 is 1.11 bits per heavy atom. The number of carbonyl (C=O) groups excluding carboxylic acids is 2. The number of likely N-dealkylation sites (tertiary alicyclic amines) is 1. The number of nitrogens with zero attached hydrogens (tertiary/aromatic N) is 1. The van der Waals surface area contributed by atoms with Crippen LogP contribution in [-0.4, -0.2) is 80.2 Å². The topological polar surface area (TPSA) is 118 Å². The number of Topliss-reactive ketones (excluding diaryl/α,β-unsaturated/α-hetero) is 1. The summed E-state index contributed by atoms with van der Waals surface area (Å²) in [4.78, 5) is 27.3. The molecule has 0 saturated carbocycles. The second-order valence-electron chi connectivity index (χ2n) is 10.9. The molecule has 6 atom stereocenters. The van der Waals surface area contributed by atoms with Crippen molar-refractivity contribution in [1.82, 2.24) is 4.90 Å². The number of β-lactam (4-membered cyclic amide) rings is 1. The fraction of sp³-hybridized carbons (Fsp3) is 0.692. The zero-order valence-corrected chi connectivity index (χ0v) is 23.2. The summed E-state index contributed by atoms with van der Waals surface area (Å²) >= 11 is 0. The van der Waals surface area contributed by atoms with Gasteiger partial charge in [0.1, 0.15) is 24.4 Å². The minimum atomic E-state index is -4.15. The summed E-state index contributed by atoms with van der Waals surface area (Å²) in [5.41, 5.74) is 0.904. The Hall–Kier alpha value is -1.89. The molecular weight excluding hydrogens is 502 g/mol. The summed E-state index contributed by atoms with van der Waals surface area (Å²) in [6.45, 7) is 12.0. The van der Waals surface area contributed by atoms with Crippen LogP contribution in [0, 0.1) is 12.8 Å². The maximum atomic E-state index is 13.2. The summed E-state index contributed by atoms with van der Waals surface area (Å²) in [5, 5.41) is 0. The van der Waals surface area contributed by atoms with Gasteiger partial charge in [0.2, 0.25) is 5.91 Å². The van der Waals surface area contributed by atoms with Gasteiger partial charge in [0.25, 0.3) is 10.1 Å². The zero-order valence-electron chi connectivity index (χ0n) is 22.4. The van der Waals surface area contributed by atoms with Crippen LogP contribution in [0.15, 0.2) is 29.2 Å². The number of carbonyl (C=O) groups is 2. The molecular formula is C26H37NO9S. The summed E-state index contributed by atoms with van der Waals surface area (Å²) in [5.74, 6) is -2.81. The lowest BCUT2D eigenvalue weighted by molar-refractivity contribution is -0.181. The Kier molecular flexibility index (Phi) is 7.61. The van der Waals surface area contributed by atoms with Gasteiger partial charge in [-0.15, -0.1) is 0 Å². The Labute approximate surface area is 218 Å². The maximum absolute atomic E-state index is 13.2. The summed E-state index contributed by atoms with van der Waals surface area (Å²) < 4.78 is 55.9. The fourth-order valence-corrected chi connectivity index (χ4v) is 6.29. The van der Waals surface area contributed by atoms with E-state index in [0.29, 0.717) is 6.42 Å². The number of hydrogen-bond acceptors (Lipinski definition) is 9. The summed E-state index contributed by atoms with van der Waals surface area (Å²) in [7, 11) is -4.15. The highest BCUT2D eigenvalue weighted by atomic mass is 32.2. The molecule has 1 amide bonds. The van der Waals surface area contributed by atoms with Crippen molar-refractivity contribution in [1.29, 1.82) is 0 Å². The third kappa shape index (κ3) is 5.62. The number of benzene rings is 1. The molecule has 1 aromatic rings. The Bertz CT molecular complexity index is 1130. The fourth-order valence-electron chi connectivity index (χ4n) is 5.37. The van der Waals surface area contributed by atoms with Crippen LogP contribution in [0.25, 0.3) is 0 Å². The molecule has 3 aliphatic heterocycles. The molecule has 1 aromatic carbocycles. The number of ether oxygens (including phenoxy) is 4. The first-order valence-electron chi connectivity index (χ1n) is 12.6. The first-order chi connectivity index (χ1) is 17.2. The van der Waals surface area contributed by atoms with Gasteiger partial charge in [0.15, 0.2) is 17.4 Å². The Morgan fingerprint density at radius 3 is 2.30 bits per heavy atom. The average Bonchev–Trinajstić information content (AvgIpc) is 3.32. The maximum Gasteiger partial charge on any atom is 0.297 e. The molecule has 3 fully saturated rings. The molecule has 10 nitrogen and oxygen atoms in total. The van der Waals surface area contributed by atoms with E-state index in [0.717, 1.165) is 5.56 Å². The molecule has 0 N–H and O–H groups in total. The van der Waals surface area contributed by atoms with E-state index in [1.807, 2.05) is 13.8 Å². The Balaban J connectivity index is 1.67. The molecule has 0 aliphatic carbocycles. The van der Waals surface area contributed by atoms with Gasteiger partial charge in [-0.2, -0.15) is 8.42 Å². The molecule has 206 valence electrons. The average molecular weight is 540 g/mol. The number of hydrogen-bond donors (Lipinski definition) is 0. The van der Waals surface area contributed by atoms with E-state index in [-0.39, 0.29) is 23.2 Å². The molecule has 3 heterocycles. The highest BCUT2D eigenvalue weighted by molar-refractivity contribution is 7.86. The number of aryl methyl sites for hydroxylation is 1. The van der Waals surface area contributed by atoms with Crippen LogP contribution >= 0.6 is 0 Å². The number of rotatable bonds is 9. The second-order valence-corrected chi connectivity index (χ2v) is 12.5. The third-order valence-corrected chi connectivity index (χ3v) is 8.41. The van der Waals surface area contributed by atoms with Crippen molar-refractivity contribution in [2.45, 2.75) is 102 Å². The first kappa shape index (κ1) is 28.1. The van der Waals surface area contributed by atoms with Crippen LogP contribution < -0.4 is 0 Å². The van der Waals surface area contributed by atoms with E-state index in [2.05, 4.69) is 0 Å². The smallest absolute Gasteiger partial charge is 0.297 e. The van der Waals surface area contributed by atoms with E-state index < -0.39 is 64.6 Å². The van der Waals surface area contributed by atoms with Crippen LogP contribution in [0.4, 0.5) is 0 Å². The van der Waals surface area contributed by atoms with E-state index in [1.165, 1.54) is 24.0 Å². The number of amides is 1. The Morgan fingerprint density at radius 2 is 1.76 bits per heavy atom. The van der Waals surface area contributed by atoms with Gasteiger partial charge in [-0.05, 0) is 60.1 Å². The van der Waals surface area contributed by atoms with Crippen LogP contribution in [0.3, 0.4) is 0 Å². The summed E-state index contributed by atoms with van der Waals surface area (Å²) in [6, 6.07) is 4.65. The van der Waals surface area contributed by atoms with Gasteiger partial charge < -0.3 is 23.8 Å². The molecule has 4 rings (SSSR count). The molecule has 11 heteroatoms. The SMILES string of the molecule is CC[C@@H]1C(=O)N([C@@H](COS(=O)(=O)c2ccc(C)cc2)[C@H]2OC(C)(C)O[C@H]2[C@H]2COC(C)(C)O2)[C@@H]1C(C)=O. The minimum absolute atomic E-state index is 0.00363. The van der Waals surface area contributed by atoms with Crippen molar-refractivity contribution in [3.8, 4) is 0 Å². The van der Waals surface area contributed by atoms with Gasteiger partial charge in [-0.3, -0.25) is 13.8 Å². The lowest BCUT2D eigenvalue weighted by Gasteiger charge is -2.51. The molecule has 3 saturated heterocycles. The molecule has 0 aromatic heterocycles. The molecule has 3 aliphatic rings. The van der Waals surface area contributed by atoms with E-state index in [1.54, 1.807) is 39.8 Å². The molecule has 0 bridgehead atoms. The molecule has 0 spiro atoms. The van der Waals surface area contributed by atoms with E-state index in [4.69, 9.17) is 23.1 Å². The molecule has 37 heavy (non-hydrogen) atoms. The van der Waals surface area contributed by atoms with Crippen molar-refractivity contribution >= 4 is 21.8 Å².